The third kappa shape index (κ3) is 4.68. The molecule has 3 heterocycles. The molecule has 2 aliphatic heterocycles. The predicted octanol–water partition coefficient (Wildman–Crippen LogP) is 1.72. The van der Waals surface area contributed by atoms with E-state index in [-0.39, 0.29) is 18.1 Å². The zero-order valence-corrected chi connectivity index (χ0v) is 18.3. The lowest BCUT2D eigenvalue weighted by molar-refractivity contribution is -0.131. The SMILES string of the molecule is Cc1nc2ccccc2n1CCCC(=O)N1CC[C@H](O)[C@@H](N2CCN(C)CC2)CC1. The quantitative estimate of drug-likeness (QED) is 0.809. The largest absolute Gasteiger partial charge is 0.391 e. The number of rotatable bonds is 5. The minimum Gasteiger partial charge on any atom is -0.391 e. The number of amides is 1. The van der Waals surface area contributed by atoms with Crippen LogP contribution in [0.3, 0.4) is 0 Å². The molecule has 2 fully saturated rings. The Hall–Kier alpha value is -1.96. The number of para-hydroxylation sites is 2. The van der Waals surface area contributed by atoms with Gasteiger partial charge in [-0.15, -0.1) is 0 Å². The summed E-state index contributed by atoms with van der Waals surface area (Å²) in [5.74, 6) is 1.21. The number of aromatic nitrogens is 2. The number of carbonyl (C=O) groups excluding carboxylic acids is 1. The number of likely N-dealkylation sites (N-methyl/N-ethyl adjacent to an activating group) is 1. The van der Waals surface area contributed by atoms with Crippen LogP contribution in [0, 0.1) is 6.92 Å². The van der Waals surface area contributed by atoms with Crippen molar-refractivity contribution in [2.75, 3.05) is 46.3 Å². The van der Waals surface area contributed by atoms with Crippen molar-refractivity contribution in [3.05, 3.63) is 30.1 Å². The van der Waals surface area contributed by atoms with Gasteiger partial charge in [0, 0.05) is 58.3 Å². The van der Waals surface area contributed by atoms with Gasteiger partial charge >= 0.3 is 0 Å². The normalized spacial score (nSPS) is 24.3. The van der Waals surface area contributed by atoms with Gasteiger partial charge in [-0.3, -0.25) is 9.69 Å². The van der Waals surface area contributed by atoms with Gasteiger partial charge in [-0.25, -0.2) is 4.98 Å². The second-order valence-electron chi connectivity index (χ2n) is 8.83. The highest BCUT2D eigenvalue weighted by Crippen LogP contribution is 2.21. The van der Waals surface area contributed by atoms with Crippen LogP contribution in [0.15, 0.2) is 24.3 Å². The molecule has 1 aromatic carbocycles. The molecule has 7 heteroatoms. The van der Waals surface area contributed by atoms with Crippen molar-refractivity contribution in [3.63, 3.8) is 0 Å². The summed E-state index contributed by atoms with van der Waals surface area (Å²) in [6, 6.07) is 8.34. The fourth-order valence-electron chi connectivity index (χ4n) is 4.93. The molecule has 2 aliphatic rings. The van der Waals surface area contributed by atoms with E-state index in [4.69, 9.17) is 0 Å². The number of piperazine rings is 1. The summed E-state index contributed by atoms with van der Waals surface area (Å²) in [5.41, 5.74) is 2.15. The van der Waals surface area contributed by atoms with Crippen molar-refractivity contribution in [1.82, 2.24) is 24.3 Å². The molecule has 2 atom stereocenters. The van der Waals surface area contributed by atoms with Crippen molar-refractivity contribution in [2.45, 2.75) is 51.3 Å². The zero-order chi connectivity index (χ0) is 21.1. The maximum atomic E-state index is 12.9. The molecule has 0 radical (unpaired) electrons. The molecular formula is C23H35N5O2. The average molecular weight is 414 g/mol. The molecule has 1 N–H and O–H groups in total. The molecule has 30 heavy (non-hydrogen) atoms. The smallest absolute Gasteiger partial charge is 0.222 e. The molecule has 1 aromatic heterocycles. The number of carbonyl (C=O) groups is 1. The number of hydrogen-bond donors (Lipinski definition) is 1. The van der Waals surface area contributed by atoms with Crippen LogP contribution in [0.1, 0.15) is 31.5 Å². The number of aliphatic hydroxyl groups is 1. The first-order chi connectivity index (χ1) is 14.5. The van der Waals surface area contributed by atoms with E-state index in [0.29, 0.717) is 19.4 Å². The monoisotopic (exact) mass is 413 g/mol. The molecular weight excluding hydrogens is 378 g/mol. The van der Waals surface area contributed by atoms with Crippen molar-refractivity contribution >= 4 is 16.9 Å². The van der Waals surface area contributed by atoms with E-state index < -0.39 is 0 Å². The van der Waals surface area contributed by atoms with E-state index in [9.17, 15) is 9.90 Å². The number of aryl methyl sites for hydroxylation is 2. The summed E-state index contributed by atoms with van der Waals surface area (Å²) in [6.07, 6.45) is 2.55. The van der Waals surface area contributed by atoms with Gasteiger partial charge in [0.1, 0.15) is 5.82 Å². The van der Waals surface area contributed by atoms with Gasteiger partial charge in [-0.2, -0.15) is 0 Å². The van der Waals surface area contributed by atoms with Gasteiger partial charge in [-0.1, -0.05) is 12.1 Å². The highest BCUT2D eigenvalue weighted by Gasteiger charge is 2.32. The van der Waals surface area contributed by atoms with Crippen LogP contribution in [-0.2, 0) is 11.3 Å². The zero-order valence-electron chi connectivity index (χ0n) is 18.3. The molecule has 0 bridgehead atoms. The third-order valence-electron chi connectivity index (χ3n) is 6.81. The Morgan fingerprint density at radius 2 is 1.83 bits per heavy atom. The highest BCUT2D eigenvalue weighted by atomic mass is 16.3. The fraction of sp³-hybridized carbons (Fsp3) is 0.652. The van der Waals surface area contributed by atoms with Crippen molar-refractivity contribution < 1.29 is 9.90 Å². The lowest BCUT2D eigenvalue weighted by Crippen LogP contribution is -2.52. The first kappa shape index (κ1) is 21.3. The number of benzene rings is 1. The number of hydrogen-bond acceptors (Lipinski definition) is 5. The second-order valence-corrected chi connectivity index (χ2v) is 8.83. The summed E-state index contributed by atoms with van der Waals surface area (Å²) in [5, 5.41) is 10.7. The fourth-order valence-corrected chi connectivity index (χ4v) is 4.93. The first-order valence-electron chi connectivity index (χ1n) is 11.3. The minimum absolute atomic E-state index is 0.177. The summed E-state index contributed by atoms with van der Waals surface area (Å²) in [7, 11) is 2.15. The Morgan fingerprint density at radius 1 is 1.10 bits per heavy atom. The minimum atomic E-state index is -0.342. The van der Waals surface area contributed by atoms with E-state index in [1.54, 1.807) is 0 Å². The topological polar surface area (TPSA) is 64.8 Å². The summed E-state index contributed by atoms with van der Waals surface area (Å²) in [4.78, 5) is 24.2. The molecule has 1 amide bonds. The van der Waals surface area contributed by atoms with Gasteiger partial charge in [0.2, 0.25) is 5.91 Å². The van der Waals surface area contributed by atoms with Crippen LogP contribution in [0.2, 0.25) is 0 Å². The Kier molecular flexibility index (Phi) is 6.71. The van der Waals surface area contributed by atoms with Crippen LogP contribution in [0.5, 0.6) is 0 Å². The summed E-state index contributed by atoms with van der Waals surface area (Å²) in [6.45, 7) is 8.35. The van der Waals surface area contributed by atoms with Crippen LogP contribution in [-0.4, -0.2) is 93.7 Å². The predicted molar refractivity (Wildman–Crippen MR) is 118 cm³/mol. The molecule has 2 saturated heterocycles. The van der Waals surface area contributed by atoms with E-state index in [1.807, 2.05) is 30.0 Å². The van der Waals surface area contributed by atoms with E-state index in [0.717, 1.165) is 69.0 Å². The van der Waals surface area contributed by atoms with Gasteiger partial charge in [0.25, 0.3) is 0 Å². The Bertz CT molecular complexity index is 858. The van der Waals surface area contributed by atoms with Crippen LogP contribution < -0.4 is 0 Å². The lowest BCUT2D eigenvalue weighted by atomic mass is 10.0. The standard InChI is InChI=1S/C23H35N5O2/c1-18-24-19-6-3-4-7-20(19)28(18)11-5-8-23(30)27-12-9-21(22(29)10-13-27)26-16-14-25(2)15-17-26/h3-4,6-7,21-22,29H,5,8-17H2,1-2H3/t21-,22-/m0/s1. The van der Waals surface area contributed by atoms with Crippen LogP contribution in [0.4, 0.5) is 0 Å². The second kappa shape index (κ2) is 9.45. The molecule has 164 valence electrons. The number of imidazole rings is 1. The average Bonchev–Trinajstić information content (AvgIpc) is 2.93. The van der Waals surface area contributed by atoms with Crippen LogP contribution in [0.25, 0.3) is 11.0 Å². The number of aliphatic hydroxyl groups excluding tert-OH is 1. The molecule has 4 rings (SSSR count). The Labute approximate surface area is 179 Å². The van der Waals surface area contributed by atoms with Gasteiger partial charge in [0.15, 0.2) is 0 Å². The maximum Gasteiger partial charge on any atom is 0.222 e. The lowest BCUT2D eigenvalue weighted by Gasteiger charge is -2.39. The van der Waals surface area contributed by atoms with Crippen molar-refractivity contribution in [2.24, 2.45) is 0 Å². The molecule has 0 spiro atoms. The number of fused-ring (bicyclic) bond motifs is 1. The van der Waals surface area contributed by atoms with Crippen molar-refractivity contribution in [3.8, 4) is 0 Å². The summed E-state index contributed by atoms with van der Waals surface area (Å²) >= 11 is 0. The first-order valence-corrected chi connectivity index (χ1v) is 11.3. The van der Waals surface area contributed by atoms with E-state index in [1.165, 1.54) is 0 Å². The highest BCUT2D eigenvalue weighted by molar-refractivity contribution is 5.77. The van der Waals surface area contributed by atoms with E-state index in [2.05, 4.69) is 32.5 Å². The third-order valence-corrected chi connectivity index (χ3v) is 6.81. The molecule has 0 aliphatic carbocycles. The Morgan fingerprint density at radius 3 is 2.63 bits per heavy atom. The molecule has 2 aromatic rings. The van der Waals surface area contributed by atoms with Crippen molar-refractivity contribution in [1.29, 1.82) is 0 Å². The van der Waals surface area contributed by atoms with Crippen LogP contribution >= 0.6 is 0 Å². The molecule has 0 saturated carbocycles. The van der Waals surface area contributed by atoms with Gasteiger partial charge in [-0.05, 0) is 45.4 Å². The van der Waals surface area contributed by atoms with Gasteiger partial charge < -0.3 is 19.5 Å². The number of likely N-dealkylation sites (tertiary alicyclic amines) is 1. The molecule has 7 nitrogen and oxygen atoms in total. The Balaban J connectivity index is 1.29. The molecule has 0 unspecified atom stereocenters. The number of nitrogens with zero attached hydrogens (tertiary/aromatic N) is 5. The summed E-state index contributed by atoms with van der Waals surface area (Å²) < 4.78 is 2.21. The van der Waals surface area contributed by atoms with Gasteiger partial charge in [0.05, 0.1) is 17.1 Å². The maximum absolute atomic E-state index is 12.9. The van der Waals surface area contributed by atoms with E-state index >= 15 is 0 Å².